The van der Waals surface area contributed by atoms with Gasteiger partial charge in [0, 0.05) is 11.1 Å². The number of hydrogen-bond acceptors (Lipinski definition) is 4. The SMILES string of the molecule is CCCCCOc1ccc(Cn2c(C)nc3ccc(OCCCC(CC)C(=O)O)cc32)c(Cl)c1. The molecule has 2 aromatic carbocycles. The van der Waals surface area contributed by atoms with Gasteiger partial charge in [0.2, 0.25) is 0 Å². The summed E-state index contributed by atoms with van der Waals surface area (Å²) >= 11 is 6.59. The molecule has 0 aliphatic rings. The first-order valence-electron chi connectivity index (χ1n) is 12.2. The summed E-state index contributed by atoms with van der Waals surface area (Å²) < 4.78 is 13.9. The van der Waals surface area contributed by atoms with Crippen LogP contribution >= 0.6 is 11.6 Å². The standard InChI is InChI=1S/C27H35ClN2O4/c1-4-6-7-14-33-22-11-10-21(24(28)16-22)18-30-19(3)29-25-13-12-23(17-26(25)30)34-15-8-9-20(5-2)27(31)32/h10-13,16-17,20H,4-9,14-15,18H2,1-3H3,(H,31,32). The number of imidazole rings is 1. The quantitative estimate of drug-likeness (QED) is 0.251. The predicted molar refractivity (Wildman–Crippen MR) is 136 cm³/mol. The molecular weight excluding hydrogens is 452 g/mol. The molecule has 0 aliphatic carbocycles. The van der Waals surface area contributed by atoms with Crippen LogP contribution in [0.5, 0.6) is 11.5 Å². The highest BCUT2D eigenvalue weighted by Gasteiger charge is 2.15. The van der Waals surface area contributed by atoms with Gasteiger partial charge in [0.1, 0.15) is 17.3 Å². The summed E-state index contributed by atoms with van der Waals surface area (Å²) in [6, 6.07) is 11.7. The van der Waals surface area contributed by atoms with Gasteiger partial charge in [0.25, 0.3) is 0 Å². The Labute approximate surface area is 206 Å². The molecule has 6 nitrogen and oxygen atoms in total. The van der Waals surface area contributed by atoms with E-state index in [4.69, 9.17) is 21.1 Å². The van der Waals surface area contributed by atoms with Crippen molar-refractivity contribution in [3.63, 3.8) is 0 Å². The van der Waals surface area contributed by atoms with E-state index in [0.717, 1.165) is 53.2 Å². The molecule has 0 spiro atoms. The van der Waals surface area contributed by atoms with Crippen LogP contribution in [0.1, 0.15) is 63.8 Å². The highest BCUT2D eigenvalue weighted by atomic mass is 35.5. The zero-order valence-corrected chi connectivity index (χ0v) is 21.1. The first-order valence-corrected chi connectivity index (χ1v) is 12.5. The van der Waals surface area contributed by atoms with Crippen molar-refractivity contribution >= 4 is 28.6 Å². The molecule has 0 radical (unpaired) electrons. The minimum absolute atomic E-state index is 0.312. The van der Waals surface area contributed by atoms with Crippen LogP contribution in [0.2, 0.25) is 5.02 Å². The number of nitrogens with zero attached hydrogens (tertiary/aromatic N) is 2. The smallest absolute Gasteiger partial charge is 0.306 e. The summed E-state index contributed by atoms with van der Waals surface area (Å²) in [5.41, 5.74) is 2.87. The van der Waals surface area contributed by atoms with Crippen LogP contribution in [0.4, 0.5) is 0 Å². The van der Waals surface area contributed by atoms with Crippen molar-refractivity contribution in [2.75, 3.05) is 13.2 Å². The highest BCUT2D eigenvalue weighted by molar-refractivity contribution is 6.31. The monoisotopic (exact) mass is 486 g/mol. The zero-order chi connectivity index (χ0) is 24.5. The predicted octanol–water partition coefficient (Wildman–Crippen LogP) is 6.89. The second kappa shape index (κ2) is 12.7. The van der Waals surface area contributed by atoms with Crippen LogP contribution < -0.4 is 9.47 Å². The number of aliphatic carboxylic acids is 1. The largest absolute Gasteiger partial charge is 0.494 e. The lowest BCUT2D eigenvalue weighted by atomic mass is 10.0. The second-order valence-corrected chi connectivity index (χ2v) is 9.05. The highest BCUT2D eigenvalue weighted by Crippen LogP contribution is 2.27. The molecule has 7 heteroatoms. The van der Waals surface area contributed by atoms with E-state index in [1.807, 2.05) is 50.2 Å². The van der Waals surface area contributed by atoms with E-state index in [1.165, 1.54) is 0 Å². The number of carboxylic acid groups (broad SMARTS) is 1. The van der Waals surface area contributed by atoms with Crippen molar-refractivity contribution in [2.24, 2.45) is 5.92 Å². The summed E-state index contributed by atoms with van der Waals surface area (Å²) in [6.45, 7) is 7.83. The van der Waals surface area contributed by atoms with E-state index in [1.54, 1.807) is 0 Å². The average Bonchev–Trinajstić information content (AvgIpc) is 3.12. The average molecular weight is 487 g/mol. The van der Waals surface area contributed by atoms with Gasteiger partial charge in [-0.1, -0.05) is 44.4 Å². The van der Waals surface area contributed by atoms with Gasteiger partial charge in [-0.3, -0.25) is 4.79 Å². The maximum absolute atomic E-state index is 11.2. The van der Waals surface area contributed by atoms with E-state index in [9.17, 15) is 9.90 Å². The third kappa shape index (κ3) is 6.89. The molecule has 0 aliphatic heterocycles. The third-order valence-corrected chi connectivity index (χ3v) is 6.44. The number of fused-ring (bicyclic) bond motifs is 1. The van der Waals surface area contributed by atoms with Crippen molar-refractivity contribution in [3.05, 3.63) is 52.8 Å². The zero-order valence-electron chi connectivity index (χ0n) is 20.3. The number of rotatable bonds is 14. The van der Waals surface area contributed by atoms with E-state index >= 15 is 0 Å². The Morgan fingerprint density at radius 1 is 1.06 bits per heavy atom. The Morgan fingerprint density at radius 3 is 2.44 bits per heavy atom. The molecule has 184 valence electrons. The Balaban J connectivity index is 1.67. The van der Waals surface area contributed by atoms with Crippen molar-refractivity contribution in [1.82, 2.24) is 9.55 Å². The maximum Gasteiger partial charge on any atom is 0.306 e. The maximum atomic E-state index is 11.2. The number of carboxylic acids is 1. The summed E-state index contributed by atoms with van der Waals surface area (Å²) in [5.74, 6) is 1.39. The van der Waals surface area contributed by atoms with Crippen LogP contribution in [0.25, 0.3) is 11.0 Å². The van der Waals surface area contributed by atoms with Crippen molar-refractivity contribution < 1.29 is 19.4 Å². The molecule has 0 amide bonds. The van der Waals surface area contributed by atoms with Crippen LogP contribution in [0, 0.1) is 12.8 Å². The van der Waals surface area contributed by atoms with Crippen molar-refractivity contribution in [3.8, 4) is 11.5 Å². The molecule has 0 saturated carbocycles. The van der Waals surface area contributed by atoms with Crippen LogP contribution in [0.3, 0.4) is 0 Å². The molecule has 0 fully saturated rings. The minimum atomic E-state index is -0.738. The Hall–Kier alpha value is -2.73. The van der Waals surface area contributed by atoms with Gasteiger partial charge >= 0.3 is 5.97 Å². The van der Waals surface area contributed by atoms with Crippen LogP contribution in [0.15, 0.2) is 36.4 Å². The lowest BCUT2D eigenvalue weighted by Gasteiger charge is -2.12. The number of aromatic nitrogens is 2. The van der Waals surface area contributed by atoms with Gasteiger partial charge < -0.3 is 19.1 Å². The first kappa shape index (κ1) is 25.9. The Kier molecular flexibility index (Phi) is 9.63. The van der Waals surface area contributed by atoms with Crippen molar-refractivity contribution in [1.29, 1.82) is 0 Å². The molecule has 0 saturated heterocycles. The molecular formula is C27H35ClN2O4. The number of halogens is 1. The Morgan fingerprint density at radius 2 is 1.76 bits per heavy atom. The number of aryl methyl sites for hydroxylation is 1. The van der Waals surface area contributed by atoms with Gasteiger partial charge in [-0.2, -0.15) is 0 Å². The third-order valence-electron chi connectivity index (χ3n) is 6.09. The number of carbonyl (C=O) groups is 1. The fourth-order valence-electron chi connectivity index (χ4n) is 3.99. The first-order chi connectivity index (χ1) is 16.4. The van der Waals surface area contributed by atoms with E-state index in [0.29, 0.717) is 44.0 Å². The van der Waals surface area contributed by atoms with Gasteiger partial charge in [-0.15, -0.1) is 0 Å². The van der Waals surface area contributed by atoms with E-state index in [2.05, 4.69) is 16.5 Å². The fraction of sp³-hybridized carbons (Fsp3) is 0.481. The molecule has 34 heavy (non-hydrogen) atoms. The number of benzene rings is 2. The summed E-state index contributed by atoms with van der Waals surface area (Å²) in [7, 11) is 0. The summed E-state index contributed by atoms with van der Waals surface area (Å²) in [6.07, 6.45) is 5.31. The van der Waals surface area contributed by atoms with Crippen molar-refractivity contribution in [2.45, 2.75) is 65.8 Å². The molecule has 0 bridgehead atoms. The van der Waals surface area contributed by atoms with Gasteiger partial charge in [0.15, 0.2) is 0 Å². The van der Waals surface area contributed by atoms with E-state index < -0.39 is 5.97 Å². The molecule has 3 aromatic rings. The topological polar surface area (TPSA) is 73.6 Å². The molecule has 3 rings (SSSR count). The molecule has 1 N–H and O–H groups in total. The van der Waals surface area contributed by atoms with Gasteiger partial charge in [-0.05, 0) is 62.4 Å². The normalized spacial score (nSPS) is 12.1. The Bertz CT molecular complexity index is 1100. The molecule has 1 heterocycles. The van der Waals surface area contributed by atoms with E-state index in [-0.39, 0.29) is 5.92 Å². The molecule has 1 atom stereocenters. The molecule has 1 aromatic heterocycles. The number of hydrogen-bond donors (Lipinski definition) is 1. The van der Waals surface area contributed by atoms with Gasteiger partial charge in [0.05, 0.1) is 36.7 Å². The molecule has 1 unspecified atom stereocenters. The van der Waals surface area contributed by atoms with Crippen LogP contribution in [-0.4, -0.2) is 33.8 Å². The minimum Gasteiger partial charge on any atom is -0.494 e. The van der Waals surface area contributed by atoms with Crippen LogP contribution in [-0.2, 0) is 11.3 Å². The lowest BCUT2D eigenvalue weighted by molar-refractivity contribution is -0.142. The second-order valence-electron chi connectivity index (χ2n) is 8.64. The summed E-state index contributed by atoms with van der Waals surface area (Å²) in [4.78, 5) is 15.9. The fourth-order valence-corrected chi connectivity index (χ4v) is 4.22. The summed E-state index contributed by atoms with van der Waals surface area (Å²) in [5, 5.41) is 9.86. The number of unbranched alkanes of at least 4 members (excludes halogenated alkanes) is 2. The van der Waals surface area contributed by atoms with Gasteiger partial charge in [-0.25, -0.2) is 4.98 Å². The number of ether oxygens (including phenoxy) is 2. The lowest BCUT2D eigenvalue weighted by Crippen LogP contribution is -2.13.